The number of benzene rings is 1. The number of carbonyl (C=O) groups excluding carboxylic acids is 1. The van der Waals surface area contributed by atoms with Crippen LogP contribution in [-0.2, 0) is 4.79 Å². The summed E-state index contributed by atoms with van der Waals surface area (Å²) >= 11 is 5.46. The highest BCUT2D eigenvalue weighted by atomic mass is 35.5. The predicted octanol–water partition coefficient (Wildman–Crippen LogP) is 2.87. The first kappa shape index (κ1) is 11.1. The third-order valence-electron chi connectivity index (χ3n) is 2.11. The summed E-state index contributed by atoms with van der Waals surface area (Å²) in [7, 11) is 0. The second-order valence-corrected chi connectivity index (χ2v) is 3.66. The lowest BCUT2D eigenvalue weighted by atomic mass is 10.1. The molecule has 1 N–H and O–H groups in total. The molecular weight excluding hydrogens is 198 g/mol. The van der Waals surface area contributed by atoms with Crippen molar-refractivity contribution in [2.75, 3.05) is 11.2 Å². The lowest BCUT2D eigenvalue weighted by molar-refractivity contribution is -0.115. The Hall–Kier alpha value is -1.02. The van der Waals surface area contributed by atoms with E-state index in [1.807, 2.05) is 32.0 Å². The minimum atomic E-state index is -0.0387. The van der Waals surface area contributed by atoms with Gasteiger partial charge in [-0.3, -0.25) is 4.79 Å². The quantitative estimate of drug-likeness (QED) is 0.766. The van der Waals surface area contributed by atoms with Crippen molar-refractivity contribution in [1.29, 1.82) is 0 Å². The molecule has 1 rings (SSSR count). The molecule has 0 aliphatic rings. The minimum Gasteiger partial charge on any atom is -0.326 e. The molecule has 0 unspecified atom stereocenters. The van der Waals surface area contributed by atoms with E-state index in [0.29, 0.717) is 12.3 Å². The zero-order valence-corrected chi connectivity index (χ0v) is 9.19. The Morgan fingerprint density at radius 1 is 1.36 bits per heavy atom. The van der Waals surface area contributed by atoms with Crippen LogP contribution in [0.4, 0.5) is 5.69 Å². The molecule has 2 nitrogen and oxygen atoms in total. The molecule has 14 heavy (non-hydrogen) atoms. The SMILES string of the molecule is Cc1ccc(NC(=O)CCCl)cc1C. The topological polar surface area (TPSA) is 29.1 Å². The molecule has 0 heterocycles. The lowest BCUT2D eigenvalue weighted by Crippen LogP contribution is -2.11. The summed E-state index contributed by atoms with van der Waals surface area (Å²) in [5.74, 6) is 0.319. The molecular formula is C11H14ClNO. The lowest BCUT2D eigenvalue weighted by Gasteiger charge is -2.06. The van der Waals surface area contributed by atoms with Crippen molar-refractivity contribution in [3.05, 3.63) is 29.3 Å². The van der Waals surface area contributed by atoms with Crippen LogP contribution >= 0.6 is 11.6 Å². The number of hydrogen-bond donors (Lipinski definition) is 1. The molecule has 0 fully saturated rings. The number of halogens is 1. The molecule has 76 valence electrons. The summed E-state index contributed by atoms with van der Waals surface area (Å²) in [5, 5.41) is 2.79. The van der Waals surface area contributed by atoms with Crippen LogP contribution in [0.3, 0.4) is 0 Å². The monoisotopic (exact) mass is 211 g/mol. The van der Waals surface area contributed by atoms with Crippen molar-refractivity contribution >= 4 is 23.2 Å². The average Bonchev–Trinajstić information content (AvgIpc) is 2.12. The number of anilines is 1. The Morgan fingerprint density at radius 2 is 2.07 bits per heavy atom. The van der Waals surface area contributed by atoms with Crippen molar-refractivity contribution in [2.24, 2.45) is 0 Å². The van der Waals surface area contributed by atoms with Gasteiger partial charge in [-0.1, -0.05) is 6.07 Å². The van der Waals surface area contributed by atoms with Gasteiger partial charge in [0.25, 0.3) is 0 Å². The van der Waals surface area contributed by atoms with Gasteiger partial charge in [0.2, 0.25) is 5.91 Å². The first-order chi connectivity index (χ1) is 6.63. The second kappa shape index (κ2) is 5.01. The smallest absolute Gasteiger partial charge is 0.225 e. The maximum atomic E-state index is 11.2. The van der Waals surface area contributed by atoms with Crippen LogP contribution in [-0.4, -0.2) is 11.8 Å². The van der Waals surface area contributed by atoms with E-state index in [-0.39, 0.29) is 5.91 Å². The number of nitrogens with one attached hydrogen (secondary N) is 1. The normalized spacial score (nSPS) is 9.93. The Kier molecular flexibility index (Phi) is 3.96. The van der Waals surface area contributed by atoms with Crippen molar-refractivity contribution in [1.82, 2.24) is 0 Å². The molecule has 1 aromatic rings. The van der Waals surface area contributed by atoms with Crippen molar-refractivity contribution < 1.29 is 4.79 Å². The minimum absolute atomic E-state index is 0.0387. The summed E-state index contributed by atoms with van der Waals surface area (Å²) in [5.41, 5.74) is 3.23. The van der Waals surface area contributed by atoms with E-state index in [2.05, 4.69) is 5.32 Å². The highest BCUT2D eigenvalue weighted by molar-refractivity contribution is 6.19. The second-order valence-electron chi connectivity index (χ2n) is 3.29. The van der Waals surface area contributed by atoms with Crippen LogP contribution in [0.15, 0.2) is 18.2 Å². The van der Waals surface area contributed by atoms with Crippen LogP contribution in [0.2, 0.25) is 0 Å². The third kappa shape index (κ3) is 3.04. The van der Waals surface area contributed by atoms with Crippen LogP contribution in [0.5, 0.6) is 0 Å². The number of aryl methyl sites for hydroxylation is 2. The van der Waals surface area contributed by atoms with Gasteiger partial charge in [-0.15, -0.1) is 11.6 Å². The highest BCUT2D eigenvalue weighted by Crippen LogP contribution is 2.14. The van der Waals surface area contributed by atoms with Crippen molar-refractivity contribution in [2.45, 2.75) is 20.3 Å². The van der Waals surface area contributed by atoms with Crippen LogP contribution in [0.1, 0.15) is 17.5 Å². The van der Waals surface area contributed by atoms with Crippen molar-refractivity contribution in [3.8, 4) is 0 Å². The fraction of sp³-hybridized carbons (Fsp3) is 0.364. The standard InChI is InChI=1S/C11H14ClNO/c1-8-3-4-10(7-9(8)2)13-11(14)5-6-12/h3-4,7H,5-6H2,1-2H3,(H,13,14). The van der Waals surface area contributed by atoms with Gasteiger partial charge in [-0.05, 0) is 37.1 Å². The van der Waals surface area contributed by atoms with Gasteiger partial charge in [0, 0.05) is 18.0 Å². The first-order valence-corrected chi connectivity index (χ1v) is 5.10. The number of alkyl halides is 1. The number of rotatable bonds is 3. The summed E-state index contributed by atoms with van der Waals surface area (Å²) in [6.45, 7) is 4.06. The van der Waals surface area contributed by atoms with E-state index >= 15 is 0 Å². The van der Waals surface area contributed by atoms with E-state index in [9.17, 15) is 4.79 Å². The van der Waals surface area contributed by atoms with Crippen LogP contribution < -0.4 is 5.32 Å². The molecule has 0 radical (unpaired) electrons. The van der Waals surface area contributed by atoms with E-state index in [0.717, 1.165) is 5.69 Å². The molecule has 1 amide bonds. The summed E-state index contributed by atoms with van der Waals surface area (Å²) in [4.78, 5) is 11.2. The fourth-order valence-electron chi connectivity index (χ4n) is 1.13. The van der Waals surface area contributed by atoms with Crippen molar-refractivity contribution in [3.63, 3.8) is 0 Å². The van der Waals surface area contributed by atoms with E-state index in [1.165, 1.54) is 11.1 Å². The van der Waals surface area contributed by atoms with E-state index in [1.54, 1.807) is 0 Å². The Balaban J connectivity index is 2.68. The summed E-state index contributed by atoms with van der Waals surface area (Å²) < 4.78 is 0. The number of hydrogen-bond acceptors (Lipinski definition) is 1. The van der Waals surface area contributed by atoms with Gasteiger partial charge in [-0.25, -0.2) is 0 Å². The third-order valence-corrected chi connectivity index (χ3v) is 2.30. The van der Waals surface area contributed by atoms with Gasteiger partial charge in [0.15, 0.2) is 0 Å². The number of carbonyl (C=O) groups is 1. The molecule has 1 aromatic carbocycles. The predicted molar refractivity (Wildman–Crippen MR) is 59.9 cm³/mol. The van der Waals surface area contributed by atoms with Gasteiger partial charge in [-0.2, -0.15) is 0 Å². The molecule has 3 heteroatoms. The molecule has 0 aliphatic carbocycles. The van der Waals surface area contributed by atoms with Gasteiger partial charge in [0.05, 0.1) is 0 Å². The van der Waals surface area contributed by atoms with Gasteiger partial charge in [0.1, 0.15) is 0 Å². The largest absolute Gasteiger partial charge is 0.326 e. The molecule has 0 aromatic heterocycles. The van der Waals surface area contributed by atoms with Crippen LogP contribution in [0.25, 0.3) is 0 Å². The fourth-order valence-corrected chi connectivity index (χ4v) is 1.30. The molecule has 0 atom stereocenters. The molecule has 0 aliphatic heterocycles. The zero-order chi connectivity index (χ0) is 10.6. The average molecular weight is 212 g/mol. The Bertz CT molecular complexity index is 336. The van der Waals surface area contributed by atoms with Gasteiger partial charge >= 0.3 is 0 Å². The van der Waals surface area contributed by atoms with E-state index in [4.69, 9.17) is 11.6 Å². The highest BCUT2D eigenvalue weighted by Gasteiger charge is 2.01. The van der Waals surface area contributed by atoms with Crippen LogP contribution in [0, 0.1) is 13.8 Å². The summed E-state index contributed by atoms with van der Waals surface area (Å²) in [6, 6.07) is 5.85. The number of amides is 1. The molecule has 0 bridgehead atoms. The summed E-state index contributed by atoms with van der Waals surface area (Å²) in [6.07, 6.45) is 0.356. The molecule has 0 saturated heterocycles. The zero-order valence-electron chi connectivity index (χ0n) is 8.43. The Labute approximate surface area is 89.3 Å². The maximum Gasteiger partial charge on any atom is 0.225 e. The first-order valence-electron chi connectivity index (χ1n) is 4.56. The molecule has 0 saturated carbocycles. The Morgan fingerprint density at radius 3 is 2.64 bits per heavy atom. The molecule has 0 spiro atoms. The maximum absolute atomic E-state index is 11.2. The van der Waals surface area contributed by atoms with Gasteiger partial charge < -0.3 is 5.32 Å². The van der Waals surface area contributed by atoms with E-state index < -0.39 is 0 Å².